The van der Waals surface area contributed by atoms with E-state index < -0.39 is 4.92 Å². The fourth-order valence-electron chi connectivity index (χ4n) is 3.26. The van der Waals surface area contributed by atoms with E-state index in [0.717, 1.165) is 24.5 Å². The summed E-state index contributed by atoms with van der Waals surface area (Å²) in [4.78, 5) is 36.6. The number of hydrogen-bond acceptors (Lipinski definition) is 5. The second kappa shape index (κ2) is 9.68. The molecule has 29 heavy (non-hydrogen) atoms. The van der Waals surface area contributed by atoms with Crippen molar-refractivity contribution in [2.45, 2.75) is 25.7 Å². The van der Waals surface area contributed by atoms with Crippen molar-refractivity contribution in [2.75, 3.05) is 29.9 Å². The largest absolute Gasteiger partial charge is 0.372 e. The molecule has 2 N–H and O–H groups in total. The number of nitrogens with zero attached hydrogens (tertiary/aromatic N) is 2. The maximum absolute atomic E-state index is 12.1. The van der Waals surface area contributed by atoms with Crippen LogP contribution in [-0.4, -0.2) is 36.4 Å². The van der Waals surface area contributed by atoms with Crippen LogP contribution in [-0.2, 0) is 4.79 Å². The van der Waals surface area contributed by atoms with Gasteiger partial charge in [-0.3, -0.25) is 19.7 Å². The Morgan fingerprint density at radius 3 is 2.24 bits per heavy atom. The first-order valence-corrected chi connectivity index (χ1v) is 9.70. The van der Waals surface area contributed by atoms with E-state index in [1.807, 2.05) is 24.3 Å². The number of rotatable bonds is 7. The first-order chi connectivity index (χ1) is 14.0. The first-order valence-electron chi connectivity index (χ1n) is 9.70. The summed E-state index contributed by atoms with van der Waals surface area (Å²) in [6, 6.07) is 13.1. The summed E-state index contributed by atoms with van der Waals surface area (Å²) in [6.07, 6.45) is 3.84. The van der Waals surface area contributed by atoms with Gasteiger partial charge in [0.2, 0.25) is 5.91 Å². The maximum atomic E-state index is 12.1. The van der Waals surface area contributed by atoms with Gasteiger partial charge in [0.25, 0.3) is 11.6 Å². The fourth-order valence-corrected chi connectivity index (χ4v) is 3.26. The van der Waals surface area contributed by atoms with Crippen LogP contribution in [0.15, 0.2) is 48.5 Å². The molecule has 1 aliphatic rings. The third-order valence-corrected chi connectivity index (χ3v) is 4.85. The molecule has 1 saturated heterocycles. The van der Waals surface area contributed by atoms with E-state index in [-0.39, 0.29) is 30.5 Å². The predicted octanol–water partition coefficient (Wildman–Crippen LogP) is 3.34. The molecule has 0 radical (unpaired) electrons. The van der Waals surface area contributed by atoms with Gasteiger partial charge in [-0.2, -0.15) is 0 Å². The Morgan fingerprint density at radius 2 is 1.62 bits per heavy atom. The van der Waals surface area contributed by atoms with Gasteiger partial charge in [-0.25, -0.2) is 0 Å². The minimum atomic E-state index is -0.523. The molecule has 0 atom stereocenters. The normalized spacial score (nSPS) is 13.6. The number of anilines is 2. The van der Waals surface area contributed by atoms with Crippen molar-refractivity contribution in [3.63, 3.8) is 0 Å². The zero-order chi connectivity index (χ0) is 20.6. The zero-order valence-electron chi connectivity index (χ0n) is 16.1. The fraction of sp³-hybridized carbons (Fsp3) is 0.333. The van der Waals surface area contributed by atoms with Gasteiger partial charge in [-0.1, -0.05) is 0 Å². The highest BCUT2D eigenvalue weighted by Crippen LogP contribution is 2.21. The highest BCUT2D eigenvalue weighted by atomic mass is 16.6. The summed E-state index contributed by atoms with van der Waals surface area (Å²) in [5.74, 6) is -0.571. The number of nitro benzene ring substituents is 1. The van der Waals surface area contributed by atoms with Crippen LogP contribution in [0.3, 0.4) is 0 Å². The van der Waals surface area contributed by atoms with E-state index in [4.69, 9.17) is 0 Å². The minimum Gasteiger partial charge on any atom is -0.372 e. The molecule has 0 saturated carbocycles. The summed E-state index contributed by atoms with van der Waals surface area (Å²) >= 11 is 0. The Kier molecular flexibility index (Phi) is 6.78. The Labute approximate surface area is 169 Å². The standard InChI is InChI=1S/C21H24N4O4/c26-20(12-13-22-21(27)16-4-8-19(9-5-16)25(28)29)23-17-6-10-18(11-7-17)24-14-2-1-3-15-24/h4-11H,1-3,12-15H2,(H,22,27)(H,23,26). The average molecular weight is 396 g/mol. The number of nitro groups is 1. The van der Waals surface area contributed by atoms with Gasteiger partial charge in [-0.05, 0) is 55.7 Å². The van der Waals surface area contributed by atoms with Gasteiger partial charge >= 0.3 is 0 Å². The Bertz CT molecular complexity index is 859. The van der Waals surface area contributed by atoms with Crippen LogP contribution in [0.1, 0.15) is 36.0 Å². The zero-order valence-corrected chi connectivity index (χ0v) is 16.1. The summed E-state index contributed by atoms with van der Waals surface area (Å²) in [5, 5.41) is 16.1. The highest BCUT2D eigenvalue weighted by molar-refractivity contribution is 5.95. The first kappa shape index (κ1) is 20.3. The predicted molar refractivity (Wildman–Crippen MR) is 111 cm³/mol. The van der Waals surface area contributed by atoms with Gasteiger partial charge in [-0.15, -0.1) is 0 Å². The molecule has 0 aliphatic carbocycles. The van der Waals surface area contributed by atoms with Crippen molar-refractivity contribution in [1.82, 2.24) is 5.32 Å². The van der Waals surface area contributed by atoms with E-state index in [1.165, 1.54) is 43.5 Å². The number of amides is 2. The van der Waals surface area contributed by atoms with Crippen molar-refractivity contribution < 1.29 is 14.5 Å². The Hall–Kier alpha value is -3.42. The molecule has 0 bridgehead atoms. The van der Waals surface area contributed by atoms with Crippen LogP contribution >= 0.6 is 0 Å². The molecule has 0 aromatic heterocycles. The molecule has 1 heterocycles. The van der Waals surface area contributed by atoms with Crippen molar-refractivity contribution >= 4 is 28.9 Å². The van der Waals surface area contributed by atoms with Crippen molar-refractivity contribution in [3.8, 4) is 0 Å². The third kappa shape index (κ3) is 5.78. The number of benzene rings is 2. The third-order valence-electron chi connectivity index (χ3n) is 4.85. The number of nitrogens with one attached hydrogen (secondary N) is 2. The van der Waals surface area contributed by atoms with E-state index in [0.29, 0.717) is 5.56 Å². The van der Waals surface area contributed by atoms with Crippen LogP contribution in [0.25, 0.3) is 0 Å². The summed E-state index contributed by atoms with van der Waals surface area (Å²) < 4.78 is 0. The molecule has 2 amide bonds. The van der Waals surface area contributed by atoms with E-state index in [2.05, 4.69) is 15.5 Å². The lowest BCUT2D eigenvalue weighted by Crippen LogP contribution is -2.29. The maximum Gasteiger partial charge on any atom is 0.269 e. The molecule has 8 nitrogen and oxygen atoms in total. The van der Waals surface area contributed by atoms with Gasteiger partial charge < -0.3 is 15.5 Å². The number of hydrogen-bond donors (Lipinski definition) is 2. The molecular weight excluding hydrogens is 372 g/mol. The quantitative estimate of drug-likeness (QED) is 0.552. The number of non-ortho nitro benzene ring substituents is 1. The lowest BCUT2D eigenvalue weighted by molar-refractivity contribution is -0.384. The Balaban J connectivity index is 1.42. The van der Waals surface area contributed by atoms with Crippen LogP contribution in [0, 0.1) is 10.1 Å². The summed E-state index contributed by atoms with van der Waals surface area (Å²) in [5.41, 5.74) is 2.12. The lowest BCUT2D eigenvalue weighted by Gasteiger charge is -2.28. The van der Waals surface area contributed by atoms with Gasteiger partial charge in [0.15, 0.2) is 0 Å². The topological polar surface area (TPSA) is 105 Å². The van der Waals surface area contributed by atoms with Crippen molar-refractivity contribution in [2.24, 2.45) is 0 Å². The molecule has 2 aromatic rings. The number of carbonyl (C=O) groups is 2. The second-order valence-electron chi connectivity index (χ2n) is 6.95. The molecule has 3 rings (SSSR count). The molecule has 0 spiro atoms. The molecular formula is C21H24N4O4. The highest BCUT2D eigenvalue weighted by Gasteiger charge is 2.12. The smallest absolute Gasteiger partial charge is 0.269 e. The number of carbonyl (C=O) groups excluding carboxylic acids is 2. The number of piperidine rings is 1. The van der Waals surface area contributed by atoms with Crippen LogP contribution in [0.2, 0.25) is 0 Å². The summed E-state index contributed by atoms with van der Waals surface area (Å²) in [7, 11) is 0. The minimum absolute atomic E-state index is 0.0766. The molecule has 1 aliphatic heterocycles. The van der Waals surface area contributed by atoms with Gasteiger partial charge in [0.1, 0.15) is 0 Å². The second-order valence-corrected chi connectivity index (χ2v) is 6.95. The molecule has 0 unspecified atom stereocenters. The van der Waals surface area contributed by atoms with E-state index in [1.54, 1.807) is 0 Å². The lowest BCUT2D eigenvalue weighted by atomic mass is 10.1. The van der Waals surface area contributed by atoms with Gasteiger partial charge in [0, 0.05) is 55.1 Å². The molecule has 2 aromatic carbocycles. The summed E-state index contributed by atoms with van der Waals surface area (Å²) in [6.45, 7) is 2.31. The molecule has 8 heteroatoms. The SMILES string of the molecule is O=C(CCNC(=O)c1ccc([N+](=O)[O-])cc1)Nc1ccc(N2CCCCC2)cc1. The van der Waals surface area contributed by atoms with Crippen molar-refractivity contribution in [3.05, 3.63) is 64.2 Å². The van der Waals surface area contributed by atoms with Crippen LogP contribution in [0.5, 0.6) is 0 Å². The van der Waals surface area contributed by atoms with Gasteiger partial charge in [0.05, 0.1) is 4.92 Å². The van der Waals surface area contributed by atoms with Crippen molar-refractivity contribution in [1.29, 1.82) is 0 Å². The average Bonchev–Trinajstić information content (AvgIpc) is 2.75. The molecule has 1 fully saturated rings. The monoisotopic (exact) mass is 396 g/mol. The molecule has 152 valence electrons. The van der Waals surface area contributed by atoms with E-state index in [9.17, 15) is 19.7 Å². The van der Waals surface area contributed by atoms with E-state index >= 15 is 0 Å². The van der Waals surface area contributed by atoms with Crippen LogP contribution < -0.4 is 15.5 Å². The Morgan fingerprint density at radius 1 is 0.966 bits per heavy atom. The van der Waals surface area contributed by atoms with Crippen LogP contribution in [0.4, 0.5) is 17.1 Å².